The van der Waals surface area contributed by atoms with Crippen molar-refractivity contribution in [3.8, 4) is 0 Å². The van der Waals surface area contributed by atoms with Crippen molar-refractivity contribution in [3.05, 3.63) is 29.3 Å². The fraction of sp³-hybridized carbons (Fsp3) is 0.647. The first kappa shape index (κ1) is 16.0. The number of anilines is 1. The van der Waals surface area contributed by atoms with Gasteiger partial charge in [0.05, 0.1) is 0 Å². The van der Waals surface area contributed by atoms with Crippen LogP contribution in [0.25, 0.3) is 0 Å². The third-order valence-electron chi connectivity index (χ3n) is 3.33. The second-order valence-electron chi connectivity index (χ2n) is 6.91. The number of benzene rings is 1. The number of hydrogen-bond donors (Lipinski definition) is 1. The molecule has 1 atom stereocenters. The molecule has 0 radical (unpaired) electrons. The quantitative estimate of drug-likeness (QED) is 0.869. The van der Waals surface area contributed by atoms with Crippen molar-refractivity contribution < 1.29 is 0 Å². The first-order chi connectivity index (χ1) is 8.69. The van der Waals surface area contributed by atoms with E-state index in [-0.39, 0.29) is 5.54 Å². The highest BCUT2D eigenvalue weighted by Crippen LogP contribution is 2.20. The Kier molecular flexibility index (Phi) is 5.42. The lowest BCUT2D eigenvalue weighted by atomic mass is 10.1. The van der Waals surface area contributed by atoms with Gasteiger partial charge in [0.15, 0.2) is 0 Å². The minimum atomic E-state index is 0.201. The SMILES string of the molecule is Cc1ccc(N(C)CC(C)CNC(C)(C)C)c(C)c1. The number of aryl methyl sites for hydroxylation is 2. The first-order valence-corrected chi connectivity index (χ1v) is 7.22. The van der Waals surface area contributed by atoms with E-state index in [0.717, 1.165) is 13.1 Å². The summed E-state index contributed by atoms with van der Waals surface area (Å²) < 4.78 is 0. The minimum absolute atomic E-state index is 0.201. The average Bonchev–Trinajstić information content (AvgIpc) is 2.25. The molecule has 0 amide bonds. The molecule has 0 heterocycles. The molecule has 1 unspecified atom stereocenters. The van der Waals surface area contributed by atoms with Gasteiger partial charge in [-0.15, -0.1) is 0 Å². The van der Waals surface area contributed by atoms with Gasteiger partial charge in [0.2, 0.25) is 0 Å². The van der Waals surface area contributed by atoms with Crippen LogP contribution < -0.4 is 10.2 Å². The number of nitrogens with one attached hydrogen (secondary N) is 1. The lowest BCUT2D eigenvalue weighted by molar-refractivity contribution is 0.384. The highest BCUT2D eigenvalue weighted by molar-refractivity contribution is 5.53. The summed E-state index contributed by atoms with van der Waals surface area (Å²) in [5.41, 5.74) is 4.23. The van der Waals surface area contributed by atoms with Gasteiger partial charge in [-0.05, 0) is 58.7 Å². The van der Waals surface area contributed by atoms with Crippen LogP contribution in [0.4, 0.5) is 5.69 Å². The predicted molar refractivity (Wildman–Crippen MR) is 86.1 cm³/mol. The maximum Gasteiger partial charge on any atom is 0.0393 e. The van der Waals surface area contributed by atoms with Crippen LogP contribution in [-0.4, -0.2) is 25.7 Å². The molecule has 0 spiro atoms. The maximum absolute atomic E-state index is 3.58. The molecular weight excluding hydrogens is 232 g/mol. The van der Waals surface area contributed by atoms with Crippen molar-refractivity contribution in [2.24, 2.45) is 5.92 Å². The van der Waals surface area contributed by atoms with Crippen LogP contribution >= 0.6 is 0 Å². The Labute approximate surface area is 119 Å². The summed E-state index contributed by atoms with van der Waals surface area (Å²) in [5.74, 6) is 0.630. The molecule has 0 aliphatic carbocycles. The largest absolute Gasteiger partial charge is 0.374 e. The maximum atomic E-state index is 3.58. The van der Waals surface area contributed by atoms with E-state index in [1.165, 1.54) is 16.8 Å². The van der Waals surface area contributed by atoms with E-state index < -0.39 is 0 Å². The minimum Gasteiger partial charge on any atom is -0.374 e. The molecule has 0 aliphatic heterocycles. The van der Waals surface area contributed by atoms with Gasteiger partial charge in [0, 0.05) is 24.8 Å². The Morgan fingerprint density at radius 2 is 1.84 bits per heavy atom. The smallest absolute Gasteiger partial charge is 0.0393 e. The fourth-order valence-electron chi connectivity index (χ4n) is 2.34. The zero-order valence-corrected chi connectivity index (χ0v) is 13.7. The second kappa shape index (κ2) is 6.42. The molecule has 1 aromatic rings. The summed E-state index contributed by atoms with van der Waals surface area (Å²) in [6, 6.07) is 6.68. The molecule has 1 rings (SSSR count). The standard InChI is InChI=1S/C17H30N2/c1-13-8-9-16(15(3)10-13)19(7)12-14(2)11-18-17(4,5)6/h8-10,14,18H,11-12H2,1-7H3. The van der Waals surface area contributed by atoms with E-state index in [0.29, 0.717) is 5.92 Å². The fourth-order valence-corrected chi connectivity index (χ4v) is 2.34. The molecule has 19 heavy (non-hydrogen) atoms. The van der Waals surface area contributed by atoms with E-state index in [2.05, 4.69) is 77.0 Å². The van der Waals surface area contributed by atoms with Gasteiger partial charge in [-0.3, -0.25) is 0 Å². The average molecular weight is 262 g/mol. The highest BCUT2D eigenvalue weighted by atomic mass is 15.1. The number of rotatable bonds is 5. The van der Waals surface area contributed by atoms with Crippen LogP contribution in [0.1, 0.15) is 38.8 Å². The van der Waals surface area contributed by atoms with Gasteiger partial charge in [-0.25, -0.2) is 0 Å². The van der Waals surface area contributed by atoms with Crippen molar-refractivity contribution in [3.63, 3.8) is 0 Å². The third kappa shape index (κ3) is 5.65. The second-order valence-corrected chi connectivity index (χ2v) is 6.91. The van der Waals surface area contributed by atoms with E-state index >= 15 is 0 Å². The Morgan fingerprint density at radius 3 is 2.37 bits per heavy atom. The molecule has 108 valence electrons. The molecular formula is C17H30N2. The number of nitrogens with zero attached hydrogens (tertiary/aromatic N) is 1. The Morgan fingerprint density at radius 1 is 1.21 bits per heavy atom. The van der Waals surface area contributed by atoms with Crippen LogP contribution in [0.2, 0.25) is 0 Å². The first-order valence-electron chi connectivity index (χ1n) is 7.22. The van der Waals surface area contributed by atoms with E-state index in [1.807, 2.05) is 0 Å². The molecule has 0 aliphatic rings. The predicted octanol–water partition coefficient (Wildman–Crippen LogP) is 3.76. The monoisotopic (exact) mass is 262 g/mol. The van der Waals surface area contributed by atoms with Crippen LogP contribution in [0.3, 0.4) is 0 Å². The molecule has 2 heteroatoms. The van der Waals surface area contributed by atoms with Gasteiger partial charge >= 0.3 is 0 Å². The zero-order valence-electron chi connectivity index (χ0n) is 13.7. The van der Waals surface area contributed by atoms with Gasteiger partial charge in [0.1, 0.15) is 0 Å². The van der Waals surface area contributed by atoms with Crippen LogP contribution in [-0.2, 0) is 0 Å². The summed E-state index contributed by atoms with van der Waals surface area (Å²) in [7, 11) is 2.19. The summed E-state index contributed by atoms with van der Waals surface area (Å²) in [5, 5.41) is 3.58. The van der Waals surface area contributed by atoms with Crippen LogP contribution in [0.5, 0.6) is 0 Å². The lowest BCUT2D eigenvalue weighted by Crippen LogP contribution is -2.41. The van der Waals surface area contributed by atoms with Crippen LogP contribution in [0, 0.1) is 19.8 Å². The van der Waals surface area contributed by atoms with E-state index in [4.69, 9.17) is 0 Å². The molecule has 0 saturated heterocycles. The normalized spacial score (nSPS) is 13.4. The molecule has 1 N–H and O–H groups in total. The summed E-state index contributed by atoms with van der Waals surface area (Å²) in [6.45, 7) is 15.4. The molecule has 1 aromatic carbocycles. The van der Waals surface area contributed by atoms with Crippen molar-refractivity contribution in [1.29, 1.82) is 0 Å². The molecule has 0 fully saturated rings. The van der Waals surface area contributed by atoms with Crippen molar-refractivity contribution >= 4 is 5.69 Å². The van der Waals surface area contributed by atoms with Gasteiger partial charge in [-0.1, -0.05) is 24.6 Å². The van der Waals surface area contributed by atoms with Crippen molar-refractivity contribution in [2.75, 3.05) is 25.0 Å². The topological polar surface area (TPSA) is 15.3 Å². The summed E-state index contributed by atoms with van der Waals surface area (Å²) >= 11 is 0. The molecule has 0 saturated carbocycles. The van der Waals surface area contributed by atoms with Crippen molar-refractivity contribution in [2.45, 2.75) is 47.1 Å². The molecule has 0 aromatic heterocycles. The van der Waals surface area contributed by atoms with Crippen molar-refractivity contribution in [1.82, 2.24) is 5.32 Å². The van der Waals surface area contributed by atoms with Gasteiger partial charge < -0.3 is 10.2 Å². The van der Waals surface area contributed by atoms with E-state index in [9.17, 15) is 0 Å². The van der Waals surface area contributed by atoms with E-state index in [1.54, 1.807) is 0 Å². The zero-order chi connectivity index (χ0) is 14.6. The summed E-state index contributed by atoms with van der Waals surface area (Å²) in [6.07, 6.45) is 0. The summed E-state index contributed by atoms with van der Waals surface area (Å²) in [4.78, 5) is 2.36. The Balaban J connectivity index is 2.56. The Bertz CT molecular complexity index is 404. The molecule has 0 bridgehead atoms. The van der Waals surface area contributed by atoms with Crippen LogP contribution in [0.15, 0.2) is 18.2 Å². The highest BCUT2D eigenvalue weighted by Gasteiger charge is 2.13. The van der Waals surface area contributed by atoms with Gasteiger partial charge in [-0.2, -0.15) is 0 Å². The van der Waals surface area contributed by atoms with Gasteiger partial charge in [0.25, 0.3) is 0 Å². The third-order valence-corrected chi connectivity index (χ3v) is 3.33. The Hall–Kier alpha value is -1.02. The lowest BCUT2D eigenvalue weighted by Gasteiger charge is -2.28. The number of hydrogen-bond acceptors (Lipinski definition) is 2. The molecule has 2 nitrogen and oxygen atoms in total.